The third kappa shape index (κ3) is 4.77. The molecule has 4 heteroatoms. The largest absolute Gasteiger partial charge is 0.423 e. The van der Waals surface area contributed by atoms with Crippen LogP contribution in [0.25, 0.3) is 11.0 Å². The van der Waals surface area contributed by atoms with Crippen LogP contribution in [0.5, 0.6) is 0 Å². The molecule has 0 saturated carbocycles. The van der Waals surface area contributed by atoms with Gasteiger partial charge in [0.2, 0.25) is 0 Å². The van der Waals surface area contributed by atoms with E-state index in [4.69, 9.17) is 4.42 Å². The van der Waals surface area contributed by atoms with Gasteiger partial charge in [0.05, 0.1) is 6.04 Å². The fourth-order valence-electron chi connectivity index (χ4n) is 4.93. The molecule has 2 heterocycles. The van der Waals surface area contributed by atoms with Gasteiger partial charge in [-0.3, -0.25) is 9.80 Å². The second-order valence-corrected chi connectivity index (χ2v) is 8.81. The standard InChI is InChI=1S/C29H30N2O2/c1-2-22-13-14-27-26(19-22)25(20-28(32)33-27)21-30-15-17-31(18-16-30)29(23-9-5-3-6-10-23)24-11-7-4-8-12-24/h3-14,19-20,29H,2,15-18,21H2,1H3. The monoisotopic (exact) mass is 438 g/mol. The van der Waals surface area contributed by atoms with Gasteiger partial charge < -0.3 is 4.42 Å². The molecule has 3 aromatic carbocycles. The lowest BCUT2D eigenvalue weighted by molar-refractivity contribution is 0.105. The Hall–Kier alpha value is -3.21. The van der Waals surface area contributed by atoms with Crippen LogP contribution in [0.1, 0.15) is 35.2 Å². The summed E-state index contributed by atoms with van der Waals surface area (Å²) in [5.41, 5.74) is 5.39. The number of hydrogen-bond acceptors (Lipinski definition) is 4. The maximum atomic E-state index is 12.2. The summed E-state index contributed by atoms with van der Waals surface area (Å²) in [5.74, 6) is 0. The highest BCUT2D eigenvalue weighted by molar-refractivity contribution is 5.80. The lowest BCUT2D eigenvalue weighted by Gasteiger charge is -2.40. The van der Waals surface area contributed by atoms with Crippen LogP contribution in [0.15, 0.2) is 94.1 Å². The van der Waals surface area contributed by atoms with Crippen LogP contribution in [-0.2, 0) is 13.0 Å². The number of aryl methyl sites for hydroxylation is 1. The summed E-state index contributed by atoms with van der Waals surface area (Å²) >= 11 is 0. The quantitative estimate of drug-likeness (QED) is 0.385. The van der Waals surface area contributed by atoms with Crippen LogP contribution in [0.3, 0.4) is 0 Å². The highest BCUT2D eigenvalue weighted by Gasteiger charge is 2.26. The fourth-order valence-corrected chi connectivity index (χ4v) is 4.93. The fraction of sp³-hybridized carbons (Fsp3) is 0.276. The first kappa shape index (κ1) is 21.6. The Morgan fingerprint density at radius 3 is 2.06 bits per heavy atom. The van der Waals surface area contributed by atoms with E-state index >= 15 is 0 Å². The Labute approximate surface area is 195 Å². The van der Waals surface area contributed by atoms with E-state index < -0.39 is 0 Å². The van der Waals surface area contributed by atoms with Crippen LogP contribution in [0.4, 0.5) is 0 Å². The Morgan fingerprint density at radius 1 is 0.818 bits per heavy atom. The van der Waals surface area contributed by atoms with Crippen LogP contribution in [0, 0.1) is 0 Å². The highest BCUT2D eigenvalue weighted by Crippen LogP contribution is 2.30. The summed E-state index contributed by atoms with van der Waals surface area (Å²) in [4.78, 5) is 17.2. The molecule has 1 aromatic heterocycles. The van der Waals surface area contributed by atoms with E-state index in [1.54, 1.807) is 6.07 Å². The minimum absolute atomic E-state index is 0.256. The van der Waals surface area contributed by atoms with E-state index in [-0.39, 0.29) is 11.7 Å². The summed E-state index contributed by atoms with van der Waals surface area (Å²) < 4.78 is 5.46. The minimum atomic E-state index is -0.270. The van der Waals surface area contributed by atoms with Crippen LogP contribution < -0.4 is 5.63 Å². The molecule has 0 radical (unpaired) electrons. The highest BCUT2D eigenvalue weighted by atomic mass is 16.4. The minimum Gasteiger partial charge on any atom is -0.423 e. The molecule has 0 atom stereocenters. The van der Waals surface area contributed by atoms with Crippen molar-refractivity contribution in [2.45, 2.75) is 25.9 Å². The van der Waals surface area contributed by atoms with Gasteiger partial charge in [0, 0.05) is 44.2 Å². The van der Waals surface area contributed by atoms with E-state index in [0.29, 0.717) is 5.58 Å². The van der Waals surface area contributed by atoms with Crippen molar-refractivity contribution < 1.29 is 4.42 Å². The summed E-state index contributed by atoms with van der Waals surface area (Å²) in [6.45, 7) is 6.80. The molecule has 33 heavy (non-hydrogen) atoms. The van der Waals surface area contributed by atoms with Crippen molar-refractivity contribution in [3.8, 4) is 0 Å². The van der Waals surface area contributed by atoms with E-state index in [9.17, 15) is 4.79 Å². The predicted molar refractivity (Wildman–Crippen MR) is 133 cm³/mol. The van der Waals surface area contributed by atoms with Crippen molar-refractivity contribution in [1.29, 1.82) is 0 Å². The lowest BCUT2D eigenvalue weighted by atomic mass is 9.96. The average Bonchev–Trinajstić information content (AvgIpc) is 2.86. The van der Waals surface area contributed by atoms with Crippen molar-refractivity contribution in [3.63, 3.8) is 0 Å². The molecule has 1 aliphatic rings. The summed E-state index contributed by atoms with van der Waals surface area (Å²) in [5, 5.41) is 1.06. The van der Waals surface area contributed by atoms with Gasteiger partial charge in [-0.25, -0.2) is 4.79 Å². The number of rotatable bonds is 6. The van der Waals surface area contributed by atoms with Gasteiger partial charge in [0.1, 0.15) is 5.58 Å². The Kier molecular flexibility index (Phi) is 6.38. The van der Waals surface area contributed by atoms with Crippen molar-refractivity contribution in [1.82, 2.24) is 9.80 Å². The van der Waals surface area contributed by atoms with Crippen molar-refractivity contribution in [2.24, 2.45) is 0 Å². The smallest absolute Gasteiger partial charge is 0.336 e. The van der Waals surface area contributed by atoms with Gasteiger partial charge in [-0.2, -0.15) is 0 Å². The molecule has 4 nitrogen and oxygen atoms in total. The van der Waals surface area contributed by atoms with Crippen LogP contribution in [-0.4, -0.2) is 36.0 Å². The zero-order chi connectivity index (χ0) is 22.6. The number of fused-ring (bicyclic) bond motifs is 1. The Balaban J connectivity index is 1.35. The SMILES string of the molecule is CCc1ccc2oc(=O)cc(CN3CCN(C(c4ccccc4)c4ccccc4)CC3)c2c1. The molecule has 5 rings (SSSR count). The van der Waals surface area contributed by atoms with Gasteiger partial charge >= 0.3 is 5.63 Å². The van der Waals surface area contributed by atoms with E-state index in [0.717, 1.165) is 50.1 Å². The normalized spacial score (nSPS) is 15.3. The number of benzene rings is 3. The topological polar surface area (TPSA) is 36.7 Å². The number of hydrogen-bond donors (Lipinski definition) is 0. The zero-order valence-electron chi connectivity index (χ0n) is 19.1. The molecular weight excluding hydrogens is 408 g/mol. The predicted octanol–water partition coefficient (Wildman–Crippen LogP) is 5.26. The van der Waals surface area contributed by atoms with Crippen molar-refractivity contribution in [3.05, 3.63) is 118 Å². The maximum Gasteiger partial charge on any atom is 0.336 e. The lowest BCUT2D eigenvalue weighted by Crippen LogP contribution is -2.47. The molecule has 4 aromatic rings. The molecule has 0 unspecified atom stereocenters. The summed E-state index contributed by atoms with van der Waals surface area (Å²) in [6.07, 6.45) is 0.966. The first-order valence-electron chi connectivity index (χ1n) is 11.8. The Morgan fingerprint density at radius 2 is 1.45 bits per heavy atom. The second kappa shape index (κ2) is 9.74. The first-order chi connectivity index (χ1) is 16.2. The number of piperazine rings is 1. The molecule has 0 amide bonds. The molecule has 168 valence electrons. The van der Waals surface area contributed by atoms with E-state index in [1.165, 1.54) is 16.7 Å². The van der Waals surface area contributed by atoms with Gasteiger partial charge in [0.15, 0.2) is 0 Å². The van der Waals surface area contributed by atoms with Gasteiger partial charge in [-0.05, 0) is 40.8 Å². The van der Waals surface area contributed by atoms with Crippen molar-refractivity contribution in [2.75, 3.05) is 26.2 Å². The number of nitrogens with zero attached hydrogens (tertiary/aromatic N) is 2. The molecule has 1 saturated heterocycles. The molecule has 1 fully saturated rings. The third-order valence-electron chi connectivity index (χ3n) is 6.70. The molecule has 0 spiro atoms. The summed E-state index contributed by atoms with van der Waals surface area (Å²) in [7, 11) is 0. The summed E-state index contributed by atoms with van der Waals surface area (Å²) in [6, 6.07) is 29.6. The van der Waals surface area contributed by atoms with Gasteiger partial charge in [-0.15, -0.1) is 0 Å². The van der Waals surface area contributed by atoms with Crippen LogP contribution in [0.2, 0.25) is 0 Å². The third-order valence-corrected chi connectivity index (χ3v) is 6.70. The van der Waals surface area contributed by atoms with Gasteiger partial charge in [0.25, 0.3) is 0 Å². The van der Waals surface area contributed by atoms with Gasteiger partial charge in [-0.1, -0.05) is 73.7 Å². The Bertz CT molecular complexity index is 1220. The maximum absolute atomic E-state index is 12.2. The molecule has 0 bridgehead atoms. The molecule has 0 aliphatic carbocycles. The van der Waals surface area contributed by atoms with Crippen LogP contribution >= 0.6 is 0 Å². The molecular formula is C29H30N2O2. The first-order valence-corrected chi connectivity index (χ1v) is 11.8. The zero-order valence-corrected chi connectivity index (χ0v) is 19.1. The molecule has 0 N–H and O–H groups in total. The average molecular weight is 439 g/mol. The molecule has 1 aliphatic heterocycles. The van der Waals surface area contributed by atoms with E-state index in [2.05, 4.69) is 83.5 Å². The van der Waals surface area contributed by atoms with E-state index in [1.807, 2.05) is 12.1 Å². The second-order valence-electron chi connectivity index (χ2n) is 8.81. The van der Waals surface area contributed by atoms with Crippen molar-refractivity contribution >= 4 is 11.0 Å².